The van der Waals surface area contributed by atoms with Gasteiger partial charge in [-0.2, -0.15) is 35.1 Å². The van der Waals surface area contributed by atoms with Crippen molar-refractivity contribution >= 4 is 0 Å². The number of hydrogen-bond donors (Lipinski definition) is 1. The highest BCUT2D eigenvalue weighted by atomic mass is 19.4. The van der Waals surface area contributed by atoms with Crippen LogP contribution in [0.5, 0.6) is 0 Å². The predicted octanol–water partition coefficient (Wildman–Crippen LogP) is 3.42. The van der Waals surface area contributed by atoms with Gasteiger partial charge in [0, 0.05) is 0 Å². The number of rotatable bonds is 6. The van der Waals surface area contributed by atoms with Gasteiger partial charge in [0.15, 0.2) is 0 Å². The Labute approximate surface area is 102 Å². The Bertz CT molecular complexity index is 337. The van der Waals surface area contributed by atoms with Gasteiger partial charge in [0.1, 0.15) is 0 Å². The van der Waals surface area contributed by atoms with Crippen LogP contribution in [-0.4, -0.2) is 47.8 Å². The monoisotopic (exact) mass is 332 g/mol. The van der Waals surface area contributed by atoms with Crippen molar-refractivity contribution in [3.05, 3.63) is 0 Å². The number of hydrogen-bond acceptors (Lipinski definition) is 1. The van der Waals surface area contributed by atoms with Crippen LogP contribution >= 0.6 is 0 Å². The lowest BCUT2D eigenvalue weighted by molar-refractivity contribution is -0.399. The van der Waals surface area contributed by atoms with Crippen molar-refractivity contribution in [1.82, 2.24) is 0 Å². The van der Waals surface area contributed by atoms with Gasteiger partial charge < -0.3 is 5.11 Å². The van der Waals surface area contributed by atoms with Crippen molar-refractivity contribution in [3.8, 4) is 0 Å². The van der Waals surface area contributed by atoms with Crippen LogP contribution in [0, 0.1) is 0 Å². The Kier molecular flexibility index (Phi) is 4.92. The summed E-state index contributed by atoms with van der Waals surface area (Å²) in [4.78, 5) is 0. The Hall–Kier alpha value is -0.880. The van der Waals surface area contributed by atoms with Crippen molar-refractivity contribution in [2.75, 3.05) is 0 Å². The van der Waals surface area contributed by atoms with E-state index in [1.54, 1.807) is 0 Å². The zero-order valence-corrected chi connectivity index (χ0v) is 8.71. The van der Waals surface area contributed by atoms with Crippen LogP contribution in [0.25, 0.3) is 0 Å². The van der Waals surface area contributed by atoms with E-state index in [-0.39, 0.29) is 0 Å². The van der Waals surface area contributed by atoms with Crippen molar-refractivity contribution in [2.45, 2.75) is 42.6 Å². The molecule has 20 heavy (non-hydrogen) atoms. The molecule has 0 rings (SSSR count). The predicted molar refractivity (Wildman–Crippen MR) is 37.8 cm³/mol. The maximum absolute atomic E-state index is 12.6. The van der Waals surface area contributed by atoms with E-state index in [1.807, 2.05) is 0 Å². The van der Waals surface area contributed by atoms with E-state index in [0.717, 1.165) is 0 Å². The third kappa shape index (κ3) is 2.51. The summed E-state index contributed by atoms with van der Waals surface area (Å²) in [5.41, 5.74) is 0. The first-order chi connectivity index (χ1) is 8.55. The van der Waals surface area contributed by atoms with Crippen LogP contribution in [0.3, 0.4) is 0 Å². The molecule has 1 nitrogen and oxygen atoms in total. The first-order valence-corrected chi connectivity index (χ1v) is 4.30. The second-order valence-electron chi connectivity index (χ2n) is 3.47. The fourth-order valence-electron chi connectivity index (χ4n) is 0.900. The van der Waals surface area contributed by atoms with Gasteiger partial charge in [-0.3, -0.25) is 0 Å². The first kappa shape index (κ1) is 19.1. The van der Waals surface area contributed by atoms with Crippen molar-refractivity contribution in [2.24, 2.45) is 0 Å². The molecule has 0 bridgehead atoms. The van der Waals surface area contributed by atoms with E-state index in [0.29, 0.717) is 0 Å². The second-order valence-corrected chi connectivity index (χ2v) is 3.47. The van der Waals surface area contributed by atoms with Gasteiger partial charge in [0.2, 0.25) is 6.17 Å². The molecule has 1 N–H and O–H groups in total. The van der Waals surface area contributed by atoms with Crippen molar-refractivity contribution in [1.29, 1.82) is 0 Å². The molecule has 13 heteroatoms. The average molecular weight is 332 g/mol. The van der Waals surface area contributed by atoms with Crippen molar-refractivity contribution < 1.29 is 57.8 Å². The molecule has 122 valence electrons. The third-order valence-corrected chi connectivity index (χ3v) is 2.10. The molecule has 0 aliphatic heterocycles. The molecule has 0 aliphatic carbocycles. The van der Waals surface area contributed by atoms with Crippen LogP contribution in [-0.2, 0) is 0 Å². The standard InChI is InChI=1S/C7H4F12O/c8-1(2(9)10)4(12,13)6(16,17)7(18,19)5(14,15)3(11)20/h1-3,20H. The maximum atomic E-state index is 12.6. The van der Waals surface area contributed by atoms with Crippen LogP contribution in [0.2, 0.25) is 0 Å². The highest BCUT2D eigenvalue weighted by Crippen LogP contribution is 2.55. The van der Waals surface area contributed by atoms with Gasteiger partial charge in [-0.05, 0) is 0 Å². The third-order valence-electron chi connectivity index (χ3n) is 2.10. The van der Waals surface area contributed by atoms with Gasteiger partial charge in [0.25, 0.3) is 12.8 Å². The zero-order chi connectivity index (χ0) is 16.7. The minimum Gasteiger partial charge on any atom is -0.359 e. The molecular weight excluding hydrogens is 328 g/mol. The molecule has 0 spiro atoms. The fraction of sp³-hybridized carbons (Fsp3) is 1.00. The van der Waals surface area contributed by atoms with Gasteiger partial charge in [-0.1, -0.05) is 0 Å². The molecule has 0 aromatic rings. The summed E-state index contributed by atoms with van der Waals surface area (Å²) < 4.78 is 147. The number of aliphatic hydroxyl groups excluding tert-OH is 1. The largest absolute Gasteiger partial charge is 0.383 e. The summed E-state index contributed by atoms with van der Waals surface area (Å²) >= 11 is 0. The van der Waals surface area contributed by atoms with Crippen LogP contribution in [0.1, 0.15) is 0 Å². The zero-order valence-electron chi connectivity index (χ0n) is 8.71. The van der Waals surface area contributed by atoms with Gasteiger partial charge in [0.05, 0.1) is 0 Å². The summed E-state index contributed by atoms with van der Waals surface area (Å²) in [5, 5.41) is 7.58. The lowest BCUT2D eigenvalue weighted by Gasteiger charge is -2.37. The second kappa shape index (κ2) is 5.15. The minimum atomic E-state index is -7.41. The number of aliphatic hydroxyl groups is 1. The molecular formula is C7H4F12O. The Morgan fingerprint density at radius 2 is 0.900 bits per heavy atom. The topological polar surface area (TPSA) is 20.2 Å². The van der Waals surface area contributed by atoms with E-state index in [9.17, 15) is 52.7 Å². The van der Waals surface area contributed by atoms with Gasteiger partial charge in [-0.15, -0.1) is 0 Å². The summed E-state index contributed by atoms with van der Waals surface area (Å²) in [6.07, 6.45) is -15.2. The van der Waals surface area contributed by atoms with E-state index in [4.69, 9.17) is 5.11 Å². The Morgan fingerprint density at radius 1 is 0.600 bits per heavy atom. The van der Waals surface area contributed by atoms with Gasteiger partial charge in [-0.25, -0.2) is 17.6 Å². The normalized spacial score (nSPS) is 18.3. The molecule has 0 radical (unpaired) electrons. The highest BCUT2D eigenvalue weighted by molar-refractivity contribution is 5.07. The van der Waals surface area contributed by atoms with Crippen LogP contribution < -0.4 is 0 Å². The molecule has 0 saturated carbocycles. The quantitative estimate of drug-likeness (QED) is 0.739. The summed E-state index contributed by atoms with van der Waals surface area (Å²) in [6.45, 7) is 0. The molecule has 0 aliphatic rings. The molecule has 0 fully saturated rings. The minimum absolute atomic E-state index is 4.91. The molecule has 0 saturated heterocycles. The molecule has 2 unspecified atom stereocenters. The molecule has 0 amide bonds. The van der Waals surface area contributed by atoms with E-state index >= 15 is 0 Å². The molecule has 0 aromatic carbocycles. The maximum Gasteiger partial charge on any atom is 0.383 e. The fourth-order valence-corrected chi connectivity index (χ4v) is 0.900. The smallest absolute Gasteiger partial charge is 0.359 e. The lowest BCUT2D eigenvalue weighted by atomic mass is 9.95. The summed E-state index contributed by atoms with van der Waals surface area (Å²) in [7, 11) is 0. The van der Waals surface area contributed by atoms with E-state index < -0.39 is 42.6 Å². The number of alkyl halides is 12. The Morgan fingerprint density at radius 3 is 1.15 bits per heavy atom. The molecule has 0 heterocycles. The van der Waals surface area contributed by atoms with Gasteiger partial charge >= 0.3 is 23.7 Å². The summed E-state index contributed by atoms with van der Waals surface area (Å²) in [6, 6.07) is 0. The average Bonchev–Trinajstić information content (AvgIpc) is 2.26. The Balaban J connectivity index is 5.84. The van der Waals surface area contributed by atoms with Crippen LogP contribution in [0.15, 0.2) is 0 Å². The first-order valence-electron chi connectivity index (χ1n) is 4.30. The van der Waals surface area contributed by atoms with E-state index in [2.05, 4.69) is 0 Å². The molecule has 2 atom stereocenters. The highest BCUT2D eigenvalue weighted by Gasteiger charge is 2.84. The van der Waals surface area contributed by atoms with Crippen molar-refractivity contribution in [3.63, 3.8) is 0 Å². The molecule has 0 aromatic heterocycles. The van der Waals surface area contributed by atoms with Crippen LogP contribution in [0.4, 0.5) is 52.7 Å². The summed E-state index contributed by atoms with van der Waals surface area (Å²) in [5.74, 6) is -28.5. The van der Waals surface area contributed by atoms with E-state index in [1.165, 1.54) is 0 Å². The number of halogens is 12. The lowest BCUT2D eigenvalue weighted by Crippen LogP contribution is -2.67. The SMILES string of the molecule is OC(F)C(F)(F)C(F)(F)C(F)(F)C(F)(F)C(F)C(F)F.